The molecule has 0 amide bonds. The van der Waals surface area contributed by atoms with E-state index in [1.54, 1.807) is 0 Å². The van der Waals surface area contributed by atoms with Crippen LogP contribution in [0.3, 0.4) is 0 Å². The van der Waals surface area contributed by atoms with Gasteiger partial charge >= 0.3 is 0 Å². The highest BCUT2D eigenvalue weighted by atomic mass is 32.2. The van der Waals surface area contributed by atoms with Gasteiger partial charge in [-0.2, -0.15) is 0 Å². The Morgan fingerprint density at radius 1 is 1.29 bits per heavy atom. The zero-order valence-corrected chi connectivity index (χ0v) is 12.3. The second-order valence-corrected chi connectivity index (χ2v) is 8.53. The summed E-state index contributed by atoms with van der Waals surface area (Å²) in [5.41, 5.74) is 0. The van der Waals surface area contributed by atoms with Crippen LogP contribution in [0.1, 0.15) is 13.8 Å². The molecule has 2 N–H and O–H groups in total. The second kappa shape index (κ2) is 8.18. The largest absolute Gasteiger partial charge is 0.391 e. The lowest BCUT2D eigenvalue weighted by atomic mass is 10.2. The van der Waals surface area contributed by atoms with Gasteiger partial charge < -0.3 is 10.4 Å². The van der Waals surface area contributed by atoms with E-state index in [9.17, 15) is 17.7 Å². The van der Waals surface area contributed by atoms with Crippen LogP contribution in [0.15, 0.2) is 0 Å². The van der Waals surface area contributed by atoms with E-state index in [-0.39, 0.29) is 17.3 Å². The number of hydrogen-bond donors (Lipinski definition) is 2. The Labute approximate surface area is 106 Å². The minimum atomic E-state index is -3.07. The summed E-state index contributed by atoms with van der Waals surface area (Å²) in [6.45, 7) is 5.31. The van der Waals surface area contributed by atoms with Crippen LogP contribution in [0.25, 0.3) is 0 Å². The number of nitrogens with one attached hydrogen (secondary N) is 1. The molecule has 0 aliphatic carbocycles. The number of hydrogen-bond acceptors (Lipinski definition) is 5. The van der Waals surface area contributed by atoms with Gasteiger partial charge in [-0.1, -0.05) is 13.8 Å². The van der Waals surface area contributed by atoms with Gasteiger partial charge in [-0.05, 0) is 12.5 Å². The molecule has 17 heavy (non-hydrogen) atoms. The first-order chi connectivity index (χ1) is 7.70. The van der Waals surface area contributed by atoms with Crippen LogP contribution in [0.5, 0.6) is 0 Å². The molecule has 2 atom stereocenters. The summed E-state index contributed by atoms with van der Waals surface area (Å²) in [7, 11) is -4.35. The van der Waals surface area contributed by atoms with Gasteiger partial charge in [0.05, 0.1) is 17.6 Å². The van der Waals surface area contributed by atoms with Crippen molar-refractivity contribution in [3.63, 3.8) is 0 Å². The summed E-state index contributed by atoms with van der Waals surface area (Å²) in [6, 6.07) is 0. The lowest BCUT2D eigenvalue weighted by Gasteiger charge is -2.12. The van der Waals surface area contributed by atoms with Crippen molar-refractivity contribution in [1.82, 2.24) is 5.32 Å². The average molecular weight is 285 g/mol. The molecule has 0 aliphatic heterocycles. The zero-order valence-electron chi connectivity index (χ0n) is 10.7. The van der Waals surface area contributed by atoms with Crippen LogP contribution in [-0.2, 0) is 20.6 Å². The molecule has 7 heteroatoms. The number of rotatable bonds is 9. The summed E-state index contributed by atoms with van der Waals surface area (Å²) in [5.74, 6) is 0.629. The topological polar surface area (TPSA) is 83.5 Å². The van der Waals surface area contributed by atoms with Crippen LogP contribution in [-0.4, -0.2) is 60.4 Å². The van der Waals surface area contributed by atoms with Crippen LogP contribution in [0, 0.1) is 5.92 Å². The molecular weight excluding hydrogens is 262 g/mol. The van der Waals surface area contributed by atoms with Crippen molar-refractivity contribution in [2.24, 2.45) is 5.92 Å². The molecule has 0 aromatic rings. The molecule has 2 unspecified atom stereocenters. The highest BCUT2D eigenvalue weighted by molar-refractivity contribution is 7.92. The zero-order chi connectivity index (χ0) is 13.5. The maximum absolute atomic E-state index is 11.5. The first kappa shape index (κ1) is 17.0. The molecule has 0 fully saturated rings. The van der Waals surface area contributed by atoms with E-state index >= 15 is 0 Å². The molecular formula is C10H23NO4S2. The molecule has 0 aliphatic rings. The molecule has 0 aromatic heterocycles. The minimum absolute atomic E-state index is 0.0915. The van der Waals surface area contributed by atoms with Crippen molar-refractivity contribution >= 4 is 20.6 Å². The van der Waals surface area contributed by atoms with Gasteiger partial charge in [0.2, 0.25) is 0 Å². The minimum Gasteiger partial charge on any atom is -0.391 e. The van der Waals surface area contributed by atoms with E-state index in [4.69, 9.17) is 0 Å². The van der Waals surface area contributed by atoms with Crippen LogP contribution < -0.4 is 5.32 Å². The maximum atomic E-state index is 11.5. The second-order valence-electron chi connectivity index (χ2n) is 4.65. The molecule has 0 saturated carbocycles. The van der Waals surface area contributed by atoms with Gasteiger partial charge in [0.1, 0.15) is 9.84 Å². The van der Waals surface area contributed by atoms with E-state index in [1.807, 2.05) is 0 Å². The molecule has 0 heterocycles. The number of aliphatic hydroxyl groups is 1. The third-order valence-electron chi connectivity index (χ3n) is 1.99. The quantitative estimate of drug-likeness (QED) is 0.590. The van der Waals surface area contributed by atoms with E-state index < -0.39 is 26.7 Å². The van der Waals surface area contributed by atoms with E-state index in [0.29, 0.717) is 12.5 Å². The Hall–Kier alpha value is 0.0200. The third kappa shape index (κ3) is 12.3. The maximum Gasteiger partial charge on any atom is 0.148 e. The monoisotopic (exact) mass is 285 g/mol. The van der Waals surface area contributed by atoms with Crippen molar-refractivity contribution in [3.05, 3.63) is 0 Å². The van der Waals surface area contributed by atoms with Crippen molar-refractivity contribution in [1.29, 1.82) is 0 Å². The normalized spacial score (nSPS) is 16.1. The molecule has 0 spiro atoms. The van der Waals surface area contributed by atoms with Gasteiger partial charge in [-0.3, -0.25) is 4.21 Å². The van der Waals surface area contributed by atoms with E-state index in [2.05, 4.69) is 19.2 Å². The Morgan fingerprint density at radius 2 is 1.88 bits per heavy atom. The highest BCUT2D eigenvalue weighted by Crippen LogP contribution is 1.93. The standard InChI is InChI=1S/C10H23NO4S2/c1-9(2)6-11-7-10(12)8-16(13)4-5-17(3,14)15/h9-12H,4-8H2,1-3H3. The fourth-order valence-corrected chi connectivity index (χ4v) is 3.81. The fraction of sp³-hybridized carbons (Fsp3) is 1.00. The molecule has 0 radical (unpaired) electrons. The van der Waals surface area contributed by atoms with Gasteiger partial charge in [0.15, 0.2) is 0 Å². The molecule has 0 aromatic carbocycles. The van der Waals surface area contributed by atoms with Crippen molar-refractivity contribution in [3.8, 4) is 0 Å². The van der Waals surface area contributed by atoms with Crippen molar-refractivity contribution < 1.29 is 17.7 Å². The molecule has 0 saturated heterocycles. The summed E-state index contributed by atoms with van der Waals surface area (Å²) < 4.78 is 33.2. The van der Waals surface area contributed by atoms with Gasteiger partial charge in [-0.15, -0.1) is 0 Å². The smallest absolute Gasteiger partial charge is 0.148 e. The van der Waals surface area contributed by atoms with Crippen LogP contribution >= 0.6 is 0 Å². The highest BCUT2D eigenvalue weighted by Gasteiger charge is 2.12. The first-order valence-electron chi connectivity index (χ1n) is 5.62. The van der Waals surface area contributed by atoms with Crippen LogP contribution in [0.4, 0.5) is 0 Å². The Bertz CT molecular complexity index is 327. The molecule has 5 nitrogen and oxygen atoms in total. The van der Waals surface area contributed by atoms with Crippen molar-refractivity contribution in [2.75, 3.05) is 36.6 Å². The van der Waals surface area contributed by atoms with E-state index in [0.717, 1.165) is 12.8 Å². The van der Waals surface area contributed by atoms with Crippen LogP contribution in [0.2, 0.25) is 0 Å². The summed E-state index contributed by atoms with van der Waals surface area (Å²) in [6.07, 6.45) is 0.430. The summed E-state index contributed by atoms with van der Waals surface area (Å²) in [5, 5.41) is 12.6. The SMILES string of the molecule is CC(C)CNCC(O)CS(=O)CCS(C)(=O)=O. The fourth-order valence-electron chi connectivity index (χ4n) is 1.14. The molecule has 0 rings (SSSR count). The summed E-state index contributed by atoms with van der Waals surface area (Å²) >= 11 is 0. The molecule has 104 valence electrons. The Balaban J connectivity index is 3.73. The first-order valence-corrected chi connectivity index (χ1v) is 9.17. The Morgan fingerprint density at radius 3 is 2.35 bits per heavy atom. The summed E-state index contributed by atoms with van der Waals surface area (Å²) in [4.78, 5) is 0. The van der Waals surface area contributed by atoms with Crippen molar-refractivity contribution in [2.45, 2.75) is 20.0 Å². The number of sulfone groups is 1. The average Bonchev–Trinajstić information content (AvgIpc) is 2.13. The van der Waals surface area contributed by atoms with Gasteiger partial charge in [-0.25, -0.2) is 8.42 Å². The number of aliphatic hydroxyl groups excluding tert-OH is 1. The third-order valence-corrected chi connectivity index (χ3v) is 4.61. The lowest BCUT2D eigenvalue weighted by Crippen LogP contribution is -2.33. The predicted molar refractivity (Wildman–Crippen MR) is 71.3 cm³/mol. The predicted octanol–water partition coefficient (Wildman–Crippen LogP) is -0.614. The van der Waals surface area contributed by atoms with Gasteiger partial charge in [0.25, 0.3) is 0 Å². The molecule has 0 bridgehead atoms. The Kier molecular flexibility index (Phi) is 8.19. The van der Waals surface area contributed by atoms with E-state index in [1.165, 1.54) is 0 Å². The van der Waals surface area contributed by atoms with Gasteiger partial charge in [0, 0.05) is 29.4 Å². The lowest BCUT2D eigenvalue weighted by molar-refractivity contribution is 0.193.